The number of halogens is 3. The highest BCUT2D eigenvalue weighted by atomic mass is 35.5. The van der Waals surface area contributed by atoms with Gasteiger partial charge in [-0.25, -0.2) is 8.42 Å². The Morgan fingerprint density at radius 1 is 1.00 bits per heavy atom. The van der Waals surface area contributed by atoms with Crippen molar-refractivity contribution in [2.24, 2.45) is 0 Å². The van der Waals surface area contributed by atoms with Gasteiger partial charge in [-0.1, -0.05) is 34.8 Å². The van der Waals surface area contributed by atoms with E-state index in [4.69, 9.17) is 34.8 Å². The number of hydrogen-bond donors (Lipinski definition) is 1. The third-order valence-electron chi connectivity index (χ3n) is 2.79. The molecule has 0 unspecified atom stereocenters. The lowest BCUT2D eigenvalue weighted by Crippen LogP contribution is -2.13. The molecular weight excluding hydrogens is 369 g/mol. The van der Waals surface area contributed by atoms with Crippen LogP contribution in [0.4, 0.5) is 5.69 Å². The smallest absolute Gasteiger partial charge is 0.257 e. The maximum Gasteiger partial charge on any atom is 0.257 e. The average molecular weight is 379 g/mol. The molecule has 0 aromatic heterocycles. The zero-order valence-corrected chi connectivity index (χ0v) is 14.3. The SMILES string of the molecule is CS(=O)(=O)c1ccc(Cl)c(NC(=O)c2ccc(Cl)cc2Cl)c1. The van der Waals surface area contributed by atoms with Crippen LogP contribution in [0.25, 0.3) is 0 Å². The van der Waals surface area contributed by atoms with Gasteiger partial charge in [-0.2, -0.15) is 0 Å². The highest BCUT2D eigenvalue weighted by molar-refractivity contribution is 7.90. The fourth-order valence-electron chi connectivity index (χ4n) is 1.69. The molecule has 1 amide bonds. The molecule has 2 aromatic carbocycles. The normalized spacial score (nSPS) is 11.3. The van der Waals surface area contributed by atoms with Gasteiger partial charge >= 0.3 is 0 Å². The molecule has 0 saturated carbocycles. The highest BCUT2D eigenvalue weighted by Crippen LogP contribution is 2.27. The maximum absolute atomic E-state index is 12.2. The first-order chi connectivity index (χ1) is 10.2. The van der Waals surface area contributed by atoms with E-state index >= 15 is 0 Å². The van der Waals surface area contributed by atoms with Gasteiger partial charge in [0, 0.05) is 11.3 Å². The van der Waals surface area contributed by atoms with Crippen molar-refractivity contribution in [2.75, 3.05) is 11.6 Å². The average Bonchev–Trinajstić information content (AvgIpc) is 2.39. The van der Waals surface area contributed by atoms with Gasteiger partial charge in [-0.3, -0.25) is 4.79 Å². The Morgan fingerprint density at radius 2 is 1.68 bits per heavy atom. The van der Waals surface area contributed by atoms with E-state index in [1.165, 1.54) is 36.4 Å². The van der Waals surface area contributed by atoms with Crippen LogP contribution in [0.5, 0.6) is 0 Å². The zero-order valence-electron chi connectivity index (χ0n) is 11.2. The van der Waals surface area contributed by atoms with E-state index < -0.39 is 15.7 Å². The molecule has 4 nitrogen and oxygen atoms in total. The summed E-state index contributed by atoms with van der Waals surface area (Å²) in [6, 6.07) is 8.48. The molecule has 116 valence electrons. The van der Waals surface area contributed by atoms with Crippen LogP contribution in [0, 0.1) is 0 Å². The summed E-state index contributed by atoms with van der Waals surface area (Å²) in [5, 5.41) is 3.33. The summed E-state index contributed by atoms with van der Waals surface area (Å²) < 4.78 is 23.1. The lowest BCUT2D eigenvalue weighted by Gasteiger charge is -2.10. The van der Waals surface area contributed by atoms with Crippen molar-refractivity contribution in [3.63, 3.8) is 0 Å². The predicted octanol–water partition coefficient (Wildman–Crippen LogP) is 4.30. The Balaban J connectivity index is 2.36. The molecule has 0 fully saturated rings. The number of anilines is 1. The van der Waals surface area contributed by atoms with Crippen LogP contribution >= 0.6 is 34.8 Å². The number of amides is 1. The molecule has 2 aromatic rings. The molecule has 0 spiro atoms. The lowest BCUT2D eigenvalue weighted by molar-refractivity contribution is 0.102. The van der Waals surface area contributed by atoms with Crippen molar-refractivity contribution < 1.29 is 13.2 Å². The van der Waals surface area contributed by atoms with E-state index in [0.29, 0.717) is 5.02 Å². The minimum Gasteiger partial charge on any atom is -0.321 e. The molecule has 1 N–H and O–H groups in total. The largest absolute Gasteiger partial charge is 0.321 e. The Morgan fingerprint density at radius 3 is 2.27 bits per heavy atom. The van der Waals surface area contributed by atoms with E-state index in [1.807, 2.05) is 0 Å². The minimum atomic E-state index is -3.41. The molecule has 0 aliphatic rings. The molecule has 0 heterocycles. The molecule has 0 atom stereocenters. The van der Waals surface area contributed by atoms with Crippen LogP contribution in [-0.2, 0) is 9.84 Å². The third-order valence-corrected chi connectivity index (χ3v) is 4.78. The van der Waals surface area contributed by atoms with Gasteiger partial charge in [-0.05, 0) is 36.4 Å². The quantitative estimate of drug-likeness (QED) is 0.866. The second kappa shape index (κ2) is 6.46. The first-order valence-corrected chi connectivity index (χ1v) is 8.97. The Bertz CT molecular complexity index is 850. The molecule has 0 aliphatic heterocycles. The summed E-state index contributed by atoms with van der Waals surface area (Å²) in [5.41, 5.74) is 0.382. The molecular formula is C14H10Cl3NO3S. The molecule has 0 saturated heterocycles. The fourth-order valence-corrected chi connectivity index (χ4v) is 3.00. The van der Waals surface area contributed by atoms with Crippen LogP contribution in [0.3, 0.4) is 0 Å². The number of sulfone groups is 1. The van der Waals surface area contributed by atoms with E-state index in [2.05, 4.69) is 5.32 Å². The van der Waals surface area contributed by atoms with Crippen molar-refractivity contribution in [1.82, 2.24) is 0 Å². The van der Waals surface area contributed by atoms with Gasteiger partial charge in [0.1, 0.15) is 0 Å². The predicted molar refractivity (Wildman–Crippen MR) is 89.0 cm³/mol. The van der Waals surface area contributed by atoms with E-state index in [0.717, 1.165) is 6.26 Å². The number of rotatable bonds is 3. The number of nitrogens with one attached hydrogen (secondary N) is 1. The number of carbonyl (C=O) groups excluding carboxylic acids is 1. The summed E-state index contributed by atoms with van der Waals surface area (Å²) >= 11 is 17.7. The second-order valence-electron chi connectivity index (χ2n) is 4.49. The number of hydrogen-bond acceptors (Lipinski definition) is 3. The summed E-state index contributed by atoms with van der Waals surface area (Å²) in [7, 11) is -3.41. The summed E-state index contributed by atoms with van der Waals surface area (Å²) in [6.45, 7) is 0. The molecule has 8 heteroatoms. The molecule has 0 aliphatic carbocycles. The Labute approximate surface area is 142 Å². The minimum absolute atomic E-state index is 0.0504. The number of carbonyl (C=O) groups is 1. The highest BCUT2D eigenvalue weighted by Gasteiger charge is 2.15. The Kier molecular flexibility index (Phi) is 5.02. The van der Waals surface area contributed by atoms with Gasteiger partial charge in [0.05, 0.1) is 26.2 Å². The summed E-state index contributed by atoms with van der Waals surface area (Å²) in [5.74, 6) is -0.519. The van der Waals surface area contributed by atoms with Crippen LogP contribution in [0.1, 0.15) is 10.4 Å². The van der Waals surface area contributed by atoms with Gasteiger partial charge in [0.25, 0.3) is 5.91 Å². The topological polar surface area (TPSA) is 63.2 Å². The number of benzene rings is 2. The van der Waals surface area contributed by atoms with Crippen molar-refractivity contribution in [3.05, 3.63) is 57.0 Å². The van der Waals surface area contributed by atoms with Crippen LogP contribution in [-0.4, -0.2) is 20.6 Å². The molecule has 22 heavy (non-hydrogen) atoms. The maximum atomic E-state index is 12.2. The van der Waals surface area contributed by atoms with Gasteiger partial charge in [0.15, 0.2) is 9.84 Å². The summed E-state index contributed by atoms with van der Waals surface area (Å²) in [4.78, 5) is 12.3. The van der Waals surface area contributed by atoms with Crippen molar-refractivity contribution in [2.45, 2.75) is 4.90 Å². The summed E-state index contributed by atoms with van der Waals surface area (Å²) in [6.07, 6.45) is 1.07. The second-order valence-corrected chi connectivity index (χ2v) is 7.76. The Hall–Kier alpha value is -1.27. The van der Waals surface area contributed by atoms with Crippen molar-refractivity contribution in [3.8, 4) is 0 Å². The third kappa shape index (κ3) is 3.93. The fraction of sp³-hybridized carbons (Fsp3) is 0.0714. The zero-order chi connectivity index (χ0) is 16.5. The van der Waals surface area contributed by atoms with Gasteiger partial charge in [-0.15, -0.1) is 0 Å². The van der Waals surface area contributed by atoms with Gasteiger partial charge in [0.2, 0.25) is 0 Å². The van der Waals surface area contributed by atoms with Gasteiger partial charge < -0.3 is 5.32 Å². The van der Waals surface area contributed by atoms with Crippen LogP contribution in [0.15, 0.2) is 41.3 Å². The van der Waals surface area contributed by atoms with Crippen LogP contribution < -0.4 is 5.32 Å². The first kappa shape index (κ1) is 17.1. The standard InChI is InChI=1S/C14H10Cl3NO3S/c1-22(20,21)9-3-5-11(16)13(7-9)18-14(19)10-4-2-8(15)6-12(10)17/h2-7H,1H3,(H,18,19). The first-order valence-electron chi connectivity index (χ1n) is 5.94. The molecule has 2 rings (SSSR count). The molecule has 0 bridgehead atoms. The van der Waals surface area contributed by atoms with E-state index in [1.54, 1.807) is 0 Å². The monoisotopic (exact) mass is 377 g/mol. The van der Waals surface area contributed by atoms with Crippen molar-refractivity contribution in [1.29, 1.82) is 0 Å². The van der Waals surface area contributed by atoms with Crippen molar-refractivity contribution >= 4 is 56.2 Å². The van der Waals surface area contributed by atoms with E-state index in [9.17, 15) is 13.2 Å². The lowest BCUT2D eigenvalue weighted by atomic mass is 10.2. The van der Waals surface area contributed by atoms with E-state index in [-0.39, 0.29) is 26.2 Å². The van der Waals surface area contributed by atoms with Crippen LogP contribution in [0.2, 0.25) is 15.1 Å². The molecule has 0 radical (unpaired) electrons.